The molecule has 0 bridgehead atoms. The average Bonchev–Trinajstić information content (AvgIpc) is 3.10. The lowest BCUT2D eigenvalue weighted by atomic mass is 9.74. The Bertz CT molecular complexity index is 1100. The molecule has 2 fully saturated rings. The summed E-state index contributed by atoms with van der Waals surface area (Å²) in [4.78, 5) is 47.4. The van der Waals surface area contributed by atoms with Gasteiger partial charge >= 0.3 is 0 Å². The van der Waals surface area contributed by atoms with Crippen LogP contribution in [0.2, 0.25) is 0 Å². The summed E-state index contributed by atoms with van der Waals surface area (Å²) in [6, 6.07) is 8.53. The van der Waals surface area contributed by atoms with E-state index in [-0.39, 0.29) is 30.4 Å². The number of anilines is 1. The van der Waals surface area contributed by atoms with Gasteiger partial charge in [-0.1, -0.05) is 42.5 Å². The van der Waals surface area contributed by atoms with Gasteiger partial charge in [-0.05, 0) is 45.7 Å². The predicted octanol–water partition coefficient (Wildman–Crippen LogP) is 2.14. The zero-order valence-corrected chi connectivity index (χ0v) is 21.2. The van der Waals surface area contributed by atoms with Gasteiger partial charge in [0.1, 0.15) is 11.6 Å². The Kier molecular flexibility index (Phi) is 6.29. The van der Waals surface area contributed by atoms with Gasteiger partial charge in [-0.25, -0.2) is 0 Å². The number of hydrogen-bond acceptors (Lipinski definition) is 5. The van der Waals surface area contributed by atoms with Crippen LogP contribution >= 0.6 is 0 Å². The predicted molar refractivity (Wildman–Crippen MR) is 135 cm³/mol. The number of carbonyl (C=O) groups excluding carboxylic acids is 3. The molecule has 2 saturated heterocycles. The van der Waals surface area contributed by atoms with Crippen molar-refractivity contribution in [1.82, 2.24) is 9.80 Å². The highest BCUT2D eigenvalue weighted by Gasteiger charge is 2.74. The first-order valence-electron chi connectivity index (χ1n) is 12.9. The lowest BCUT2D eigenvalue weighted by Crippen LogP contribution is -2.57. The van der Waals surface area contributed by atoms with Crippen molar-refractivity contribution >= 4 is 23.4 Å². The number of hydrogen-bond donors (Lipinski definition) is 1. The monoisotopic (exact) mass is 493 g/mol. The van der Waals surface area contributed by atoms with Crippen LogP contribution in [0.3, 0.4) is 0 Å². The highest BCUT2D eigenvalue weighted by molar-refractivity contribution is 6.04. The van der Waals surface area contributed by atoms with E-state index in [0.717, 1.165) is 5.69 Å². The molecule has 192 valence electrons. The van der Waals surface area contributed by atoms with E-state index in [1.165, 1.54) is 0 Å². The van der Waals surface area contributed by atoms with Crippen LogP contribution in [-0.2, 0) is 19.1 Å². The first-order valence-corrected chi connectivity index (χ1v) is 12.9. The largest absolute Gasteiger partial charge is 0.396 e. The van der Waals surface area contributed by atoms with E-state index in [2.05, 4.69) is 0 Å². The summed E-state index contributed by atoms with van der Waals surface area (Å²) in [5.74, 6) is -2.17. The van der Waals surface area contributed by atoms with E-state index in [1.54, 1.807) is 14.7 Å². The fraction of sp³-hybridized carbons (Fsp3) is 0.536. The Labute approximate surface area is 212 Å². The van der Waals surface area contributed by atoms with E-state index < -0.39 is 29.1 Å². The summed E-state index contributed by atoms with van der Waals surface area (Å²) >= 11 is 0. The summed E-state index contributed by atoms with van der Waals surface area (Å²) in [7, 11) is 0. The maximum atomic E-state index is 14.2. The summed E-state index contributed by atoms with van der Waals surface area (Å²) in [6.07, 6.45) is 8.69. The number of aliphatic hydroxyl groups excluding tert-OH is 1. The number of rotatable bonds is 6. The van der Waals surface area contributed by atoms with Crippen LogP contribution < -0.4 is 4.90 Å². The second-order valence-corrected chi connectivity index (χ2v) is 10.6. The molecule has 4 aliphatic rings. The van der Waals surface area contributed by atoms with E-state index in [0.29, 0.717) is 32.5 Å². The minimum Gasteiger partial charge on any atom is -0.396 e. The standard InChI is InChI=1S/C28H35N3O5/c1-19(2)29-16-10-14-28-22(25(34)31(15-7-8-18-32)23(28)26(29)35)21-24(33)30(20-11-5-4-6-12-20)17-9-13-27(21,3)36-28/h4-6,9-14,19,21-23,32H,7-8,15-18H2,1-3H3/t21-,22+,23?,27+,28+/m1/s1. The van der Waals surface area contributed by atoms with Gasteiger partial charge in [-0.15, -0.1) is 0 Å². The van der Waals surface area contributed by atoms with Crippen LogP contribution in [0.15, 0.2) is 54.6 Å². The lowest BCUT2D eigenvalue weighted by Gasteiger charge is -2.38. The van der Waals surface area contributed by atoms with Gasteiger partial charge in [0.25, 0.3) is 0 Å². The number of aliphatic hydroxyl groups is 1. The minimum atomic E-state index is -1.24. The number of benzene rings is 1. The van der Waals surface area contributed by atoms with E-state index >= 15 is 0 Å². The van der Waals surface area contributed by atoms with E-state index in [4.69, 9.17) is 4.74 Å². The van der Waals surface area contributed by atoms with Gasteiger partial charge < -0.3 is 24.5 Å². The summed E-state index contributed by atoms with van der Waals surface area (Å²) in [6.45, 7) is 6.92. The van der Waals surface area contributed by atoms with Crippen molar-refractivity contribution in [3.8, 4) is 0 Å². The molecule has 4 aliphatic heterocycles. The smallest absolute Gasteiger partial charge is 0.249 e. The minimum absolute atomic E-state index is 0.0136. The number of para-hydroxylation sites is 1. The molecule has 1 unspecified atom stereocenters. The second-order valence-electron chi connectivity index (χ2n) is 10.6. The van der Waals surface area contributed by atoms with Crippen molar-refractivity contribution in [2.45, 2.75) is 56.9 Å². The molecule has 4 heterocycles. The maximum Gasteiger partial charge on any atom is 0.249 e. The summed E-state index contributed by atoms with van der Waals surface area (Å²) in [5.41, 5.74) is -1.51. The Balaban J connectivity index is 1.62. The zero-order chi connectivity index (χ0) is 25.7. The normalized spacial score (nSPS) is 33.6. The van der Waals surface area contributed by atoms with Crippen molar-refractivity contribution in [2.75, 3.05) is 31.1 Å². The molecule has 1 aromatic carbocycles. The quantitative estimate of drug-likeness (QED) is 0.485. The summed E-state index contributed by atoms with van der Waals surface area (Å²) < 4.78 is 6.81. The SMILES string of the molecule is CC(C)N1CC=C[C@]23O[C@@]4(C)C=CCN(c5ccccc5)C(=O)[C@H]4[C@H]2C(=O)N(CCCCO)C3C1=O. The van der Waals surface area contributed by atoms with Gasteiger partial charge in [-0.2, -0.15) is 0 Å². The number of carbonyl (C=O) groups is 3. The molecular weight excluding hydrogens is 458 g/mol. The third-order valence-corrected chi connectivity index (χ3v) is 8.09. The van der Waals surface area contributed by atoms with Gasteiger partial charge in [0.2, 0.25) is 17.7 Å². The Morgan fingerprint density at radius 1 is 0.972 bits per heavy atom. The highest BCUT2D eigenvalue weighted by Crippen LogP contribution is 2.57. The highest BCUT2D eigenvalue weighted by atomic mass is 16.5. The van der Waals surface area contributed by atoms with Crippen molar-refractivity contribution in [3.63, 3.8) is 0 Å². The topological polar surface area (TPSA) is 90.4 Å². The number of amides is 3. The molecule has 36 heavy (non-hydrogen) atoms. The van der Waals surface area contributed by atoms with Crippen LogP contribution in [0.1, 0.15) is 33.6 Å². The van der Waals surface area contributed by atoms with Crippen molar-refractivity contribution in [2.24, 2.45) is 11.8 Å². The first-order chi connectivity index (χ1) is 17.2. The van der Waals surface area contributed by atoms with Crippen molar-refractivity contribution in [3.05, 3.63) is 54.6 Å². The van der Waals surface area contributed by atoms with Crippen LogP contribution in [0.5, 0.6) is 0 Å². The Morgan fingerprint density at radius 3 is 2.39 bits per heavy atom. The Hall–Kier alpha value is -2.97. The third kappa shape index (κ3) is 3.61. The van der Waals surface area contributed by atoms with Gasteiger partial charge in [0.05, 0.1) is 17.4 Å². The van der Waals surface area contributed by atoms with Crippen LogP contribution in [0.4, 0.5) is 5.69 Å². The van der Waals surface area contributed by atoms with Gasteiger partial charge in [-0.3, -0.25) is 14.4 Å². The van der Waals surface area contributed by atoms with Crippen LogP contribution in [-0.4, -0.2) is 82.2 Å². The van der Waals surface area contributed by atoms with E-state index in [1.807, 2.05) is 75.4 Å². The zero-order valence-electron chi connectivity index (χ0n) is 21.2. The Morgan fingerprint density at radius 2 is 1.69 bits per heavy atom. The number of likely N-dealkylation sites (tertiary alicyclic amines) is 1. The molecule has 1 aromatic rings. The molecule has 5 rings (SSSR count). The van der Waals surface area contributed by atoms with Crippen molar-refractivity contribution < 1.29 is 24.2 Å². The molecule has 0 aromatic heterocycles. The second kappa shape index (κ2) is 9.16. The molecule has 1 N–H and O–H groups in total. The molecule has 0 saturated carbocycles. The molecule has 1 spiro atoms. The molecule has 8 heteroatoms. The number of unbranched alkanes of at least 4 members (excludes halogenated alkanes) is 1. The lowest BCUT2D eigenvalue weighted by molar-refractivity contribution is -0.152. The first kappa shape index (κ1) is 24.7. The third-order valence-electron chi connectivity index (χ3n) is 8.09. The fourth-order valence-electron chi connectivity index (χ4n) is 6.48. The van der Waals surface area contributed by atoms with Crippen LogP contribution in [0, 0.1) is 11.8 Å². The number of ether oxygens (including phenoxy) is 1. The fourth-order valence-corrected chi connectivity index (χ4v) is 6.48. The molecule has 0 aliphatic carbocycles. The van der Waals surface area contributed by atoms with Crippen LogP contribution in [0.25, 0.3) is 0 Å². The maximum absolute atomic E-state index is 14.2. The average molecular weight is 494 g/mol. The summed E-state index contributed by atoms with van der Waals surface area (Å²) in [5, 5.41) is 9.33. The van der Waals surface area contributed by atoms with Gasteiger partial charge in [0, 0.05) is 38.0 Å². The number of nitrogens with zero attached hydrogens (tertiary/aromatic N) is 3. The van der Waals surface area contributed by atoms with Crippen molar-refractivity contribution in [1.29, 1.82) is 0 Å². The molecule has 0 radical (unpaired) electrons. The molecule has 5 atom stereocenters. The molecule has 8 nitrogen and oxygen atoms in total. The van der Waals surface area contributed by atoms with Gasteiger partial charge in [0.15, 0.2) is 0 Å². The van der Waals surface area contributed by atoms with E-state index in [9.17, 15) is 19.5 Å². The molecular formula is C28H35N3O5. The molecule has 3 amide bonds. The number of fused-ring (bicyclic) bond motifs is 2.